The van der Waals surface area contributed by atoms with Gasteiger partial charge in [-0.25, -0.2) is 4.98 Å². The normalized spacial score (nSPS) is 17.6. The molecular formula is C17H17N3O2. The standard InChI is InChI=1S/C17H17N3O2/c1-12-6-5-9-15(18-12)19-17(22)13-10-16(21)20(11-13)14-7-3-2-4-8-14/h2-9,13H,10-11H2,1H3,(H,18,19,22)/t13-/m1/s1. The van der Waals surface area contributed by atoms with Crippen molar-refractivity contribution in [2.45, 2.75) is 13.3 Å². The molecule has 0 aliphatic carbocycles. The Morgan fingerprint density at radius 3 is 2.68 bits per heavy atom. The maximum atomic E-state index is 12.3. The summed E-state index contributed by atoms with van der Waals surface area (Å²) in [6.07, 6.45) is 0.229. The number of nitrogens with zero attached hydrogens (tertiary/aromatic N) is 2. The molecule has 0 unspecified atom stereocenters. The second-order valence-corrected chi connectivity index (χ2v) is 5.39. The largest absolute Gasteiger partial charge is 0.312 e. The molecule has 1 aromatic heterocycles. The fraction of sp³-hybridized carbons (Fsp3) is 0.235. The second kappa shape index (κ2) is 5.97. The highest BCUT2D eigenvalue weighted by Gasteiger charge is 2.35. The number of para-hydroxylation sites is 1. The summed E-state index contributed by atoms with van der Waals surface area (Å²) in [5, 5.41) is 2.79. The SMILES string of the molecule is Cc1cccc(NC(=O)[C@@H]2CC(=O)N(c3ccccc3)C2)n1. The van der Waals surface area contributed by atoms with Gasteiger partial charge in [-0.05, 0) is 31.2 Å². The highest BCUT2D eigenvalue weighted by molar-refractivity contribution is 6.03. The van der Waals surface area contributed by atoms with Crippen molar-refractivity contribution in [1.82, 2.24) is 4.98 Å². The predicted molar refractivity (Wildman–Crippen MR) is 84.5 cm³/mol. The Balaban J connectivity index is 1.69. The summed E-state index contributed by atoms with van der Waals surface area (Å²) in [7, 11) is 0. The van der Waals surface area contributed by atoms with E-state index in [1.807, 2.05) is 49.4 Å². The molecule has 1 aromatic carbocycles. The van der Waals surface area contributed by atoms with Crippen molar-refractivity contribution in [2.24, 2.45) is 5.92 Å². The highest BCUT2D eigenvalue weighted by Crippen LogP contribution is 2.25. The van der Waals surface area contributed by atoms with E-state index in [0.29, 0.717) is 12.4 Å². The van der Waals surface area contributed by atoms with Gasteiger partial charge < -0.3 is 10.2 Å². The van der Waals surface area contributed by atoms with Crippen LogP contribution in [0.2, 0.25) is 0 Å². The molecule has 2 heterocycles. The maximum absolute atomic E-state index is 12.3. The number of amides is 2. The van der Waals surface area contributed by atoms with Gasteiger partial charge in [0.25, 0.3) is 0 Å². The van der Waals surface area contributed by atoms with Gasteiger partial charge in [0.15, 0.2) is 0 Å². The van der Waals surface area contributed by atoms with E-state index in [0.717, 1.165) is 11.4 Å². The third-order valence-electron chi connectivity index (χ3n) is 3.70. The minimum Gasteiger partial charge on any atom is -0.312 e. The first-order valence-electron chi connectivity index (χ1n) is 7.23. The monoisotopic (exact) mass is 295 g/mol. The Morgan fingerprint density at radius 2 is 1.95 bits per heavy atom. The zero-order valence-electron chi connectivity index (χ0n) is 12.3. The first kappa shape index (κ1) is 14.3. The Kier molecular flexibility index (Phi) is 3.87. The number of carbonyl (C=O) groups is 2. The number of benzene rings is 1. The van der Waals surface area contributed by atoms with Crippen molar-refractivity contribution in [3.8, 4) is 0 Å². The van der Waals surface area contributed by atoms with Crippen LogP contribution < -0.4 is 10.2 Å². The molecule has 1 saturated heterocycles. The average molecular weight is 295 g/mol. The summed E-state index contributed by atoms with van der Waals surface area (Å²) in [6.45, 7) is 2.27. The summed E-state index contributed by atoms with van der Waals surface area (Å²) >= 11 is 0. The lowest BCUT2D eigenvalue weighted by atomic mass is 10.1. The molecule has 5 heteroatoms. The Hall–Kier alpha value is -2.69. The number of carbonyl (C=O) groups excluding carboxylic acids is 2. The molecule has 0 spiro atoms. The van der Waals surface area contributed by atoms with Crippen molar-refractivity contribution in [2.75, 3.05) is 16.8 Å². The molecule has 0 saturated carbocycles. The first-order chi connectivity index (χ1) is 10.6. The van der Waals surface area contributed by atoms with Crippen molar-refractivity contribution >= 4 is 23.3 Å². The van der Waals surface area contributed by atoms with E-state index in [9.17, 15) is 9.59 Å². The van der Waals surface area contributed by atoms with Gasteiger partial charge >= 0.3 is 0 Å². The van der Waals surface area contributed by atoms with E-state index in [1.165, 1.54) is 0 Å². The third-order valence-corrected chi connectivity index (χ3v) is 3.70. The highest BCUT2D eigenvalue weighted by atomic mass is 16.2. The van der Waals surface area contributed by atoms with Crippen molar-refractivity contribution in [1.29, 1.82) is 0 Å². The lowest BCUT2D eigenvalue weighted by Gasteiger charge is -2.16. The van der Waals surface area contributed by atoms with Gasteiger partial charge in [0.05, 0.1) is 5.92 Å². The van der Waals surface area contributed by atoms with Crippen LogP contribution in [0.25, 0.3) is 0 Å². The summed E-state index contributed by atoms with van der Waals surface area (Å²) < 4.78 is 0. The smallest absolute Gasteiger partial charge is 0.230 e. The molecule has 112 valence electrons. The van der Waals surface area contributed by atoms with Gasteiger partial charge in [-0.15, -0.1) is 0 Å². The van der Waals surface area contributed by atoms with Crippen molar-refractivity contribution in [3.05, 3.63) is 54.2 Å². The van der Waals surface area contributed by atoms with Gasteiger partial charge in [0.1, 0.15) is 5.82 Å². The van der Waals surface area contributed by atoms with Crippen molar-refractivity contribution in [3.63, 3.8) is 0 Å². The minimum atomic E-state index is -0.352. The lowest BCUT2D eigenvalue weighted by molar-refractivity contribution is -0.122. The van der Waals surface area contributed by atoms with Crippen LogP contribution in [0.1, 0.15) is 12.1 Å². The van der Waals surface area contributed by atoms with Gasteiger partial charge in [0, 0.05) is 24.3 Å². The van der Waals surface area contributed by atoms with E-state index in [1.54, 1.807) is 11.0 Å². The van der Waals surface area contributed by atoms with Crippen LogP contribution in [0.5, 0.6) is 0 Å². The second-order valence-electron chi connectivity index (χ2n) is 5.39. The molecule has 1 aliphatic rings. The fourth-order valence-corrected chi connectivity index (χ4v) is 2.58. The fourth-order valence-electron chi connectivity index (χ4n) is 2.58. The van der Waals surface area contributed by atoms with Crippen LogP contribution in [0.4, 0.5) is 11.5 Å². The first-order valence-corrected chi connectivity index (χ1v) is 7.23. The van der Waals surface area contributed by atoms with Gasteiger partial charge in [-0.2, -0.15) is 0 Å². The molecule has 0 bridgehead atoms. The topological polar surface area (TPSA) is 62.3 Å². The van der Waals surface area contributed by atoms with E-state index >= 15 is 0 Å². The van der Waals surface area contributed by atoms with Gasteiger partial charge in [0.2, 0.25) is 11.8 Å². The summed E-state index contributed by atoms with van der Waals surface area (Å²) in [4.78, 5) is 30.4. The Bertz CT molecular complexity index is 700. The number of hydrogen-bond acceptors (Lipinski definition) is 3. The van der Waals surface area contributed by atoms with Gasteiger partial charge in [-0.3, -0.25) is 9.59 Å². The quantitative estimate of drug-likeness (QED) is 0.945. The van der Waals surface area contributed by atoms with Crippen LogP contribution in [-0.4, -0.2) is 23.3 Å². The maximum Gasteiger partial charge on any atom is 0.230 e. The molecule has 2 amide bonds. The van der Waals surface area contributed by atoms with Crippen LogP contribution in [0.15, 0.2) is 48.5 Å². The number of rotatable bonds is 3. The van der Waals surface area contributed by atoms with E-state index < -0.39 is 0 Å². The predicted octanol–water partition coefficient (Wildman–Crippen LogP) is 2.38. The van der Waals surface area contributed by atoms with E-state index in [2.05, 4.69) is 10.3 Å². The summed E-state index contributed by atoms with van der Waals surface area (Å²) in [5.74, 6) is -0.0148. The molecule has 1 N–H and O–H groups in total. The van der Waals surface area contributed by atoms with Crippen LogP contribution in [0, 0.1) is 12.8 Å². The molecule has 1 aliphatic heterocycles. The summed E-state index contributed by atoms with van der Waals surface area (Å²) in [6, 6.07) is 14.9. The molecule has 3 rings (SSSR count). The van der Waals surface area contributed by atoms with Crippen molar-refractivity contribution < 1.29 is 9.59 Å². The molecule has 5 nitrogen and oxygen atoms in total. The van der Waals surface area contributed by atoms with E-state index in [4.69, 9.17) is 0 Å². The third kappa shape index (κ3) is 2.98. The van der Waals surface area contributed by atoms with Crippen LogP contribution >= 0.6 is 0 Å². The molecule has 22 heavy (non-hydrogen) atoms. The Labute approximate surface area is 129 Å². The molecular weight excluding hydrogens is 278 g/mol. The molecule has 2 aromatic rings. The lowest BCUT2D eigenvalue weighted by Crippen LogP contribution is -2.28. The number of hydrogen-bond donors (Lipinski definition) is 1. The molecule has 1 fully saturated rings. The zero-order valence-corrected chi connectivity index (χ0v) is 12.3. The van der Waals surface area contributed by atoms with Gasteiger partial charge in [-0.1, -0.05) is 24.3 Å². The minimum absolute atomic E-state index is 0.0245. The van der Waals surface area contributed by atoms with Crippen LogP contribution in [0.3, 0.4) is 0 Å². The number of aromatic nitrogens is 1. The number of anilines is 2. The number of pyridine rings is 1. The number of nitrogens with one attached hydrogen (secondary N) is 1. The summed E-state index contributed by atoms with van der Waals surface area (Å²) in [5.41, 5.74) is 1.67. The molecule has 1 atom stereocenters. The average Bonchev–Trinajstić information content (AvgIpc) is 2.90. The Morgan fingerprint density at radius 1 is 1.18 bits per heavy atom. The zero-order chi connectivity index (χ0) is 15.5. The number of aryl methyl sites for hydroxylation is 1. The molecule has 0 radical (unpaired) electrons. The van der Waals surface area contributed by atoms with E-state index in [-0.39, 0.29) is 24.2 Å². The van der Waals surface area contributed by atoms with Crippen LogP contribution in [-0.2, 0) is 9.59 Å².